The number of aromatic nitrogens is 6. The van der Waals surface area contributed by atoms with Crippen molar-refractivity contribution in [3.05, 3.63) is 178 Å². The second-order valence-electron chi connectivity index (χ2n) is 11.3. The second-order valence-corrected chi connectivity index (χ2v) is 11.3. The van der Waals surface area contributed by atoms with Gasteiger partial charge in [-0.05, 0) is 113 Å². The Bertz CT molecular complexity index is 1670. The molecule has 6 heteroatoms. The lowest BCUT2D eigenvalue weighted by Gasteiger charge is -2.18. The lowest BCUT2D eigenvalue weighted by atomic mass is 9.94. The van der Waals surface area contributed by atoms with E-state index in [1.165, 1.54) is 0 Å². The van der Waals surface area contributed by atoms with Crippen LogP contribution in [0.2, 0.25) is 0 Å². The Morgan fingerprint density at radius 3 is 0.864 bits per heavy atom. The minimum absolute atomic E-state index is 0.152. The van der Waals surface area contributed by atoms with Crippen molar-refractivity contribution in [2.45, 2.75) is 52.4 Å². The van der Waals surface area contributed by atoms with Crippen LogP contribution >= 0.6 is 0 Å². The van der Waals surface area contributed by atoms with E-state index in [9.17, 15) is 0 Å². The SMILES string of the molecule is Cc1cccc(C(c2cccc(C)n2)c2cccc(CCc3cccc(C(c4cccc(C)n4)c4cccc(C)n4)n3)n2)n1. The van der Waals surface area contributed by atoms with E-state index in [4.69, 9.17) is 29.9 Å². The van der Waals surface area contributed by atoms with Crippen molar-refractivity contribution in [2.24, 2.45) is 0 Å². The third-order valence-electron chi connectivity index (χ3n) is 7.71. The fraction of sp³-hybridized carbons (Fsp3) is 0.211. The highest BCUT2D eigenvalue weighted by molar-refractivity contribution is 5.37. The highest BCUT2D eigenvalue weighted by atomic mass is 14.8. The van der Waals surface area contributed by atoms with Gasteiger partial charge < -0.3 is 0 Å². The Morgan fingerprint density at radius 2 is 0.591 bits per heavy atom. The predicted octanol–water partition coefficient (Wildman–Crippen LogP) is 7.44. The Hall–Kier alpha value is -5.10. The highest BCUT2D eigenvalue weighted by Crippen LogP contribution is 2.30. The molecule has 0 aliphatic heterocycles. The van der Waals surface area contributed by atoms with Crippen molar-refractivity contribution < 1.29 is 0 Å². The van der Waals surface area contributed by atoms with Crippen LogP contribution in [0.4, 0.5) is 0 Å². The lowest BCUT2D eigenvalue weighted by molar-refractivity contribution is 0.786. The molecule has 0 radical (unpaired) electrons. The molecule has 6 heterocycles. The number of hydrogen-bond acceptors (Lipinski definition) is 6. The van der Waals surface area contributed by atoms with Gasteiger partial charge in [-0.3, -0.25) is 29.9 Å². The van der Waals surface area contributed by atoms with Crippen LogP contribution in [0, 0.1) is 27.7 Å². The van der Waals surface area contributed by atoms with Crippen LogP contribution < -0.4 is 0 Å². The third-order valence-corrected chi connectivity index (χ3v) is 7.71. The molecule has 6 rings (SSSR count). The molecule has 0 saturated heterocycles. The zero-order valence-corrected chi connectivity index (χ0v) is 25.6. The zero-order valence-electron chi connectivity index (χ0n) is 25.6. The van der Waals surface area contributed by atoms with Gasteiger partial charge in [0, 0.05) is 34.2 Å². The molecule has 218 valence electrons. The molecule has 0 unspecified atom stereocenters. The average molecular weight is 577 g/mol. The molecule has 0 fully saturated rings. The molecule has 6 nitrogen and oxygen atoms in total. The van der Waals surface area contributed by atoms with E-state index in [1.807, 2.05) is 52.0 Å². The van der Waals surface area contributed by atoms with Crippen LogP contribution in [0.15, 0.2) is 109 Å². The van der Waals surface area contributed by atoms with E-state index in [0.717, 1.165) is 81.2 Å². The van der Waals surface area contributed by atoms with Gasteiger partial charge >= 0.3 is 0 Å². The van der Waals surface area contributed by atoms with E-state index in [0.29, 0.717) is 0 Å². The van der Waals surface area contributed by atoms with Gasteiger partial charge in [0.25, 0.3) is 0 Å². The topological polar surface area (TPSA) is 77.3 Å². The molecule has 6 aromatic heterocycles. The maximum Gasteiger partial charge on any atom is 0.0858 e. The minimum Gasteiger partial charge on any atom is -0.257 e. The van der Waals surface area contributed by atoms with Gasteiger partial charge in [-0.25, -0.2) is 0 Å². The van der Waals surface area contributed by atoms with E-state index in [1.54, 1.807) is 0 Å². The van der Waals surface area contributed by atoms with Crippen molar-refractivity contribution in [2.75, 3.05) is 0 Å². The summed E-state index contributed by atoms with van der Waals surface area (Å²) < 4.78 is 0. The summed E-state index contributed by atoms with van der Waals surface area (Å²) in [6.07, 6.45) is 1.52. The van der Waals surface area contributed by atoms with Gasteiger partial charge in [-0.2, -0.15) is 0 Å². The van der Waals surface area contributed by atoms with Crippen LogP contribution in [0.5, 0.6) is 0 Å². The first-order valence-electron chi connectivity index (χ1n) is 15.1. The van der Waals surface area contributed by atoms with Crippen LogP contribution in [-0.2, 0) is 12.8 Å². The summed E-state index contributed by atoms with van der Waals surface area (Å²) in [5.41, 5.74) is 11.6. The fourth-order valence-corrected chi connectivity index (χ4v) is 5.66. The minimum atomic E-state index is -0.152. The quantitative estimate of drug-likeness (QED) is 0.178. The molecule has 6 aromatic rings. The first kappa shape index (κ1) is 29.0. The first-order valence-corrected chi connectivity index (χ1v) is 15.1. The lowest BCUT2D eigenvalue weighted by Crippen LogP contribution is -2.12. The van der Waals surface area contributed by atoms with E-state index in [2.05, 4.69) is 84.9 Å². The summed E-state index contributed by atoms with van der Waals surface area (Å²) in [5, 5.41) is 0. The predicted molar refractivity (Wildman–Crippen MR) is 174 cm³/mol. The molecule has 0 saturated carbocycles. The molecule has 0 N–H and O–H groups in total. The highest BCUT2D eigenvalue weighted by Gasteiger charge is 2.23. The van der Waals surface area contributed by atoms with Crippen LogP contribution in [-0.4, -0.2) is 29.9 Å². The summed E-state index contributed by atoms with van der Waals surface area (Å²) in [6, 6.07) is 37.0. The first-order chi connectivity index (χ1) is 21.4. The van der Waals surface area contributed by atoms with Crippen molar-refractivity contribution in [3.8, 4) is 0 Å². The number of rotatable bonds is 9. The van der Waals surface area contributed by atoms with Crippen molar-refractivity contribution in [1.82, 2.24) is 29.9 Å². The summed E-state index contributed by atoms with van der Waals surface area (Å²) >= 11 is 0. The van der Waals surface area contributed by atoms with Gasteiger partial charge in [0.05, 0.1) is 46.0 Å². The molecule has 0 amide bonds. The summed E-state index contributed by atoms with van der Waals surface area (Å²) in [7, 11) is 0. The molecular weight excluding hydrogens is 540 g/mol. The molecule has 0 aliphatic rings. The van der Waals surface area contributed by atoms with Crippen molar-refractivity contribution in [1.29, 1.82) is 0 Å². The van der Waals surface area contributed by atoms with E-state index in [-0.39, 0.29) is 11.8 Å². The van der Waals surface area contributed by atoms with Crippen LogP contribution in [0.1, 0.15) is 80.2 Å². The van der Waals surface area contributed by atoms with E-state index < -0.39 is 0 Å². The monoisotopic (exact) mass is 576 g/mol. The van der Waals surface area contributed by atoms with Crippen molar-refractivity contribution >= 4 is 0 Å². The number of hydrogen-bond donors (Lipinski definition) is 0. The summed E-state index contributed by atoms with van der Waals surface area (Å²) in [4.78, 5) is 29.8. The zero-order chi connectivity index (χ0) is 30.5. The molecular formula is C38H36N6. The molecule has 0 aromatic carbocycles. The van der Waals surface area contributed by atoms with E-state index >= 15 is 0 Å². The maximum atomic E-state index is 5.14. The Labute approximate surface area is 259 Å². The number of pyridine rings is 6. The van der Waals surface area contributed by atoms with Gasteiger partial charge in [0.15, 0.2) is 0 Å². The molecule has 0 aliphatic carbocycles. The smallest absolute Gasteiger partial charge is 0.0858 e. The number of nitrogens with zero attached hydrogens (tertiary/aromatic N) is 6. The van der Waals surface area contributed by atoms with Gasteiger partial charge in [-0.15, -0.1) is 0 Å². The third kappa shape index (κ3) is 6.76. The van der Waals surface area contributed by atoms with Gasteiger partial charge in [0.1, 0.15) is 0 Å². The Balaban J connectivity index is 1.29. The molecule has 44 heavy (non-hydrogen) atoms. The normalized spacial score (nSPS) is 11.3. The van der Waals surface area contributed by atoms with Crippen LogP contribution in [0.25, 0.3) is 0 Å². The molecule has 0 bridgehead atoms. The van der Waals surface area contributed by atoms with Crippen LogP contribution in [0.3, 0.4) is 0 Å². The Kier molecular flexibility index (Phi) is 8.59. The molecule has 0 spiro atoms. The Morgan fingerprint density at radius 1 is 0.341 bits per heavy atom. The van der Waals surface area contributed by atoms with Crippen molar-refractivity contribution in [3.63, 3.8) is 0 Å². The average Bonchev–Trinajstić information content (AvgIpc) is 3.01. The van der Waals surface area contributed by atoms with Gasteiger partial charge in [0.2, 0.25) is 0 Å². The molecule has 0 atom stereocenters. The summed E-state index contributed by atoms with van der Waals surface area (Å²) in [6.45, 7) is 8.07. The second kappa shape index (κ2) is 13.0. The number of aryl methyl sites for hydroxylation is 6. The maximum absolute atomic E-state index is 5.14. The fourth-order valence-electron chi connectivity index (χ4n) is 5.66. The van der Waals surface area contributed by atoms with Gasteiger partial charge in [-0.1, -0.05) is 36.4 Å². The summed E-state index contributed by atoms with van der Waals surface area (Å²) in [5.74, 6) is -0.304. The standard InChI is InChI=1S/C38H36N6/c1-25-11-5-17-31(39-25)37(32-18-6-12-26(2)40-32)35-21-9-15-29(43-35)23-24-30-16-10-22-36(44-30)38(33-19-7-13-27(3)41-33)34-20-8-14-28(4)42-34/h5-22,37-38H,23-24H2,1-4H3. The largest absolute Gasteiger partial charge is 0.257 e.